The van der Waals surface area contributed by atoms with E-state index in [0.717, 1.165) is 26.7 Å². The zero-order valence-corrected chi connectivity index (χ0v) is 14.5. The number of thioether (sulfide) groups is 1. The van der Waals surface area contributed by atoms with Crippen molar-refractivity contribution in [3.63, 3.8) is 0 Å². The zero-order valence-electron chi connectivity index (χ0n) is 11.4. The number of alkyl halides is 1. The van der Waals surface area contributed by atoms with E-state index in [1.165, 1.54) is 25.7 Å². The lowest BCUT2D eigenvalue weighted by Gasteiger charge is -2.30. The van der Waals surface area contributed by atoms with E-state index in [0.29, 0.717) is 11.9 Å². The molecule has 2 aromatic rings. The average molecular weight is 375 g/mol. The lowest BCUT2D eigenvalue weighted by atomic mass is 9.94. The number of fused-ring (bicyclic) bond motifs is 1. The van der Waals surface area contributed by atoms with Crippen LogP contribution in [0.25, 0.3) is 11.2 Å². The number of hydrogen-bond acceptors (Lipinski definition) is 3. The lowest BCUT2D eigenvalue weighted by molar-refractivity contribution is 0.361. The fraction of sp³-hybridized carbons (Fsp3) is 0.571. The molecule has 3 nitrogen and oxygen atoms in total. The Kier molecular flexibility index (Phi) is 4.58. The van der Waals surface area contributed by atoms with Gasteiger partial charge in [0.1, 0.15) is 11.3 Å². The van der Waals surface area contributed by atoms with Gasteiger partial charge in [0.2, 0.25) is 0 Å². The summed E-state index contributed by atoms with van der Waals surface area (Å²) in [7, 11) is 0. The van der Waals surface area contributed by atoms with Crippen molar-refractivity contribution in [3.8, 4) is 0 Å². The molecule has 0 spiro atoms. The molecule has 1 saturated carbocycles. The Morgan fingerprint density at radius 3 is 3.10 bits per heavy atom. The lowest BCUT2D eigenvalue weighted by Crippen LogP contribution is -2.22. The Morgan fingerprint density at radius 1 is 1.50 bits per heavy atom. The van der Waals surface area contributed by atoms with Gasteiger partial charge in [-0.15, -0.1) is 11.6 Å². The predicted molar refractivity (Wildman–Crippen MR) is 89.6 cm³/mol. The molecule has 2 heterocycles. The first-order chi connectivity index (χ1) is 9.72. The van der Waals surface area contributed by atoms with E-state index in [9.17, 15) is 0 Å². The molecule has 108 valence electrons. The van der Waals surface area contributed by atoms with Crippen LogP contribution in [-0.2, 0) is 5.88 Å². The van der Waals surface area contributed by atoms with Gasteiger partial charge in [0.25, 0.3) is 0 Å². The van der Waals surface area contributed by atoms with E-state index in [1.54, 1.807) is 0 Å². The van der Waals surface area contributed by atoms with Crippen LogP contribution in [0.4, 0.5) is 0 Å². The zero-order chi connectivity index (χ0) is 14.1. The third-order valence-corrected chi connectivity index (χ3v) is 5.75. The third kappa shape index (κ3) is 2.72. The monoisotopic (exact) mass is 373 g/mol. The summed E-state index contributed by atoms with van der Waals surface area (Å²) in [5, 5.41) is 0.741. The maximum absolute atomic E-state index is 6.10. The van der Waals surface area contributed by atoms with Crippen LogP contribution in [0.2, 0.25) is 0 Å². The van der Waals surface area contributed by atoms with Crippen LogP contribution in [0, 0.1) is 0 Å². The minimum Gasteiger partial charge on any atom is -0.309 e. The van der Waals surface area contributed by atoms with E-state index in [1.807, 2.05) is 24.0 Å². The summed E-state index contributed by atoms with van der Waals surface area (Å²) in [6.07, 6.45) is 9.02. The first-order valence-corrected chi connectivity index (χ1v) is 9.45. The SMILES string of the molecule is CSC1CCCC(n2c(CCl)nc3cc(Br)cnc32)C1. The van der Waals surface area contributed by atoms with Gasteiger partial charge in [-0.05, 0) is 47.5 Å². The molecule has 6 heteroatoms. The van der Waals surface area contributed by atoms with Gasteiger partial charge in [0.15, 0.2) is 5.65 Å². The van der Waals surface area contributed by atoms with E-state index < -0.39 is 0 Å². The Labute approximate surface area is 136 Å². The quantitative estimate of drug-likeness (QED) is 0.724. The van der Waals surface area contributed by atoms with Crippen molar-refractivity contribution in [1.82, 2.24) is 14.5 Å². The van der Waals surface area contributed by atoms with Gasteiger partial charge in [0.05, 0.1) is 5.88 Å². The molecule has 0 N–H and O–H groups in total. The van der Waals surface area contributed by atoms with Crippen molar-refractivity contribution in [3.05, 3.63) is 22.6 Å². The Balaban J connectivity index is 2.04. The second kappa shape index (κ2) is 6.24. The van der Waals surface area contributed by atoms with Crippen molar-refractivity contribution in [2.45, 2.75) is 42.9 Å². The van der Waals surface area contributed by atoms with Crippen molar-refractivity contribution >= 4 is 50.5 Å². The van der Waals surface area contributed by atoms with Gasteiger partial charge >= 0.3 is 0 Å². The molecule has 0 aliphatic heterocycles. The summed E-state index contributed by atoms with van der Waals surface area (Å²) in [6, 6.07) is 2.50. The number of aromatic nitrogens is 3. The highest BCUT2D eigenvalue weighted by atomic mass is 79.9. The highest BCUT2D eigenvalue weighted by Crippen LogP contribution is 2.36. The van der Waals surface area contributed by atoms with Crippen molar-refractivity contribution < 1.29 is 0 Å². The average Bonchev–Trinajstić information content (AvgIpc) is 2.84. The maximum Gasteiger partial charge on any atom is 0.160 e. The minimum atomic E-state index is 0.439. The van der Waals surface area contributed by atoms with Crippen LogP contribution in [0.1, 0.15) is 37.5 Å². The van der Waals surface area contributed by atoms with Gasteiger partial charge in [-0.3, -0.25) is 0 Å². The highest BCUT2D eigenvalue weighted by molar-refractivity contribution is 9.10. The largest absolute Gasteiger partial charge is 0.309 e. The fourth-order valence-corrected chi connectivity index (χ4v) is 4.38. The molecule has 2 aromatic heterocycles. The van der Waals surface area contributed by atoms with Gasteiger partial charge in [0, 0.05) is 22.0 Å². The molecule has 1 aliphatic carbocycles. The van der Waals surface area contributed by atoms with Crippen LogP contribution in [0.5, 0.6) is 0 Å². The number of nitrogens with zero attached hydrogens (tertiary/aromatic N) is 3. The summed E-state index contributed by atoms with van der Waals surface area (Å²) in [5.74, 6) is 1.38. The van der Waals surface area contributed by atoms with Gasteiger partial charge in [-0.2, -0.15) is 11.8 Å². The minimum absolute atomic E-state index is 0.439. The van der Waals surface area contributed by atoms with Crippen LogP contribution in [0.3, 0.4) is 0 Å². The van der Waals surface area contributed by atoms with Gasteiger partial charge < -0.3 is 4.57 Å². The van der Waals surface area contributed by atoms with E-state index >= 15 is 0 Å². The van der Waals surface area contributed by atoms with Crippen molar-refractivity contribution in [2.24, 2.45) is 0 Å². The number of hydrogen-bond donors (Lipinski definition) is 0. The Morgan fingerprint density at radius 2 is 2.35 bits per heavy atom. The molecule has 0 aromatic carbocycles. The molecule has 1 aliphatic rings. The summed E-state index contributed by atoms with van der Waals surface area (Å²) >= 11 is 11.5. The van der Waals surface area contributed by atoms with Crippen molar-refractivity contribution in [1.29, 1.82) is 0 Å². The molecule has 2 atom stereocenters. The topological polar surface area (TPSA) is 30.7 Å². The molecule has 2 unspecified atom stereocenters. The van der Waals surface area contributed by atoms with Crippen LogP contribution < -0.4 is 0 Å². The maximum atomic E-state index is 6.10. The molecule has 0 bridgehead atoms. The normalized spacial score (nSPS) is 23.4. The highest BCUT2D eigenvalue weighted by Gasteiger charge is 2.26. The number of pyridine rings is 1. The molecule has 3 rings (SSSR count). The Hall–Kier alpha value is -0.260. The fourth-order valence-electron chi connectivity index (χ4n) is 3.05. The summed E-state index contributed by atoms with van der Waals surface area (Å²) < 4.78 is 3.23. The van der Waals surface area contributed by atoms with E-state index in [4.69, 9.17) is 11.6 Å². The number of halogens is 2. The molecule has 0 saturated heterocycles. The first kappa shape index (κ1) is 14.7. The van der Waals surface area contributed by atoms with Crippen LogP contribution in [-0.4, -0.2) is 26.0 Å². The summed E-state index contributed by atoms with van der Waals surface area (Å²) in [4.78, 5) is 9.21. The van der Waals surface area contributed by atoms with Crippen LogP contribution in [0.15, 0.2) is 16.7 Å². The van der Waals surface area contributed by atoms with Crippen molar-refractivity contribution in [2.75, 3.05) is 6.26 Å². The molecule has 1 fully saturated rings. The molecule has 20 heavy (non-hydrogen) atoms. The van der Waals surface area contributed by atoms with Crippen LogP contribution >= 0.6 is 39.3 Å². The Bertz CT molecular complexity index is 616. The molecular formula is C14H17BrClN3S. The summed E-state index contributed by atoms with van der Waals surface area (Å²) in [6.45, 7) is 0. The second-order valence-corrected chi connectivity index (χ2v) is 7.53. The number of rotatable bonds is 3. The smallest absolute Gasteiger partial charge is 0.160 e. The standard InChI is InChI=1S/C14H17BrClN3S/c1-20-11-4-2-3-10(6-11)19-13(7-16)18-12-5-9(15)8-17-14(12)19/h5,8,10-11H,2-4,6-7H2,1H3. The third-order valence-electron chi connectivity index (χ3n) is 3.99. The molecule has 0 radical (unpaired) electrons. The van der Waals surface area contributed by atoms with E-state index in [2.05, 4.69) is 36.7 Å². The van der Waals surface area contributed by atoms with Gasteiger partial charge in [-0.1, -0.05) is 6.42 Å². The summed E-state index contributed by atoms with van der Waals surface area (Å²) in [5.41, 5.74) is 1.90. The predicted octanol–water partition coefficient (Wildman–Crippen LogP) is 4.78. The molecule has 0 amide bonds. The van der Waals surface area contributed by atoms with Gasteiger partial charge in [-0.25, -0.2) is 9.97 Å². The number of imidazole rings is 1. The first-order valence-electron chi connectivity index (χ1n) is 6.84. The van der Waals surface area contributed by atoms with E-state index in [-0.39, 0.29) is 0 Å². The second-order valence-electron chi connectivity index (χ2n) is 5.21. The molecular weight excluding hydrogens is 358 g/mol.